The number of carbonyl (C=O) groups excluding carboxylic acids is 2. The summed E-state index contributed by atoms with van der Waals surface area (Å²) in [6.07, 6.45) is 1.70. The zero-order chi connectivity index (χ0) is 15.8. The second kappa shape index (κ2) is 5.27. The molecule has 0 radical (unpaired) electrons. The van der Waals surface area contributed by atoms with E-state index in [1.54, 1.807) is 9.58 Å². The Bertz CT molecular complexity index is 561. The van der Waals surface area contributed by atoms with Crippen molar-refractivity contribution in [2.24, 2.45) is 5.73 Å². The number of amides is 2. The fourth-order valence-corrected chi connectivity index (χ4v) is 2.29. The third-order valence-electron chi connectivity index (χ3n) is 3.26. The van der Waals surface area contributed by atoms with Crippen LogP contribution in [0.15, 0.2) is 6.20 Å². The molecule has 0 bridgehead atoms. The molecule has 0 saturated carbocycles. The molecule has 2 heterocycles. The van der Waals surface area contributed by atoms with Gasteiger partial charge < -0.3 is 21.1 Å². The number of carbonyl (C=O) groups is 2. The molecule has 1 aliphatic rings. The number of rotatable bonds is 2. The molecule has 0 unspecified atom stereocenters. The predicted molar refractivity (Wildman–Crippen MR) is 76.6 cm³/mol. The number of anilines is 1. The monoisotopic (exact) mass is 295 g/mol. The molecular formula is C13H21N5O3. The Morgan fingerprint density at radius 1 is 1.43 bits per heavy atom. The average Bonchev–Trinajstić information content (AvgIpc) is 2.92. The number of nitrogen functional groups attached to an aromatic ring is 1. The van der Waals surface area contributed by atoms with Crippen molar-refractivity contribution in [3.05, 3.63) is 11.8 Å². The van der Waals surface area contributed by atoms with Gasteiger partial charge in [-0.25, -0.2) is 9.48 Å². The van der Waals surface area contributed by atoms with Crippen LogP contribution in [0.25, 0.3) is 0 Å². The van der Waals surface area contributed by atoms with Crippen LogP contribution in [0.3, 0.4) is 0 Å². The standard InChI is InChI=1S/C13H21N5O3/c1-13(2,3)21-12(20)17-5-4-8(7-17)18-10(14)9(6-16-18)11(15)19/h6,8H,4-5,7,14H2,1-3H3,(H2,15,19)/t8-/m1/s1. The van der Waals surface area contributed by atoms with Gasteiger partial charge in [0, 0.05) is 13.1 Å². The van der Waals surface area contributed by atoms with Gasteiger partial charge in [-0.05, 0) is 27.2 Å². The lowest BCUT2D eigenvalue weighted by atomic mass is 10.2. The molecule has 2 rings (SSSR count). The Balaban J connectivity index is 2.06. The first-order valence-electron chi connectivity index (χ1n) is 6.80. The Hall–Kier alpha value is -2.25. The molecule has 1 aromatic heterocycles. The van der Waals surface area contributed by atoms with Gasteiger partial charge in [-0.1, -0.05) is 0 Å². The van der Waals surface area contributed by atoms with Crippen LogP contribution in [0, 0.1) is 0 Å². The van der Waals surface area contributed by atoms with Gasteiger partial charge in [0.25, 0.3) is 5.91 Å². The van der Waals surface area contributed by atoms with Gasteiger partial charge in [-0.15, -0.1) is 0 Å². The van der Waals surface area contributed by atoms with Crippen molar-refractivity contribution in [1.82, 2.24) is 14.7 Å². The lowest BCUT2D eigenvalue weighted by Crippen LogP contribution is -2.35. The highest BCUT2D eigenvalue weighted by Crippen LogP contribution is 2.26. The quantitative estimate of drug-likeness (QED) is 0.834. The molecule has 0 aromatic carbocycles. The lowest BCUT2D eigenvalue weighted by Gasteiger charge is -2.24. The molecule has 1 aliphatic heterocycles. The van der Waals surface area contributed by atoms with Crippen molar-refractivity contribution in [2.45, 2.75) is 38.8 Å². The SMILES string of the molecule is CC(C)(C)OC(=O)N1CC[C@@H](n2ncc(C(N)=O)c2N)C1. The van der Waals surface area contributed by atoms with Gasteiger partial charge in [-0.2, -0.15) is 5.10 Å². The molecule has 0 spiro atoms. The number of aromatic nitrogens is 2. The third kappa shape index (κ3) is 3.26. The first kappa shape index (κ1) is 15.1. The van der Waals surface area contributed by atoms with Gasteiger partial charge >= 0.3 is 6.09 Å². The van der Waals surface area contributed by atoms with E-state index in [4.69, 9.17) is 16.2 Å². The minimum Gasteiger partial charge on any atom is -0.444 e. The highest BCUT2D eigenvalue weighted by Gasteiger charge is 2.32. The van der Waals surface area contributed by atoms with Crippen LogP contribution < -0.4 is 11.5 Å². The normalized spacial score (nSPS) is 18.8. The molecule has 8 heteroatoms. The summed E-state index contributed by atoms with van der Waals surface area (Å²) in [6.45, 7) is 6.47. The summed E-state index contributed by atoms with van der Waals surface area (Å²) in [5.74, 6) is -0.376. The van der Waals surface area contributed by atoms with Crippen molar-refractivity contribution in [3.63, 3.8) is 0 Å². The molecule has 2 amide bonds. The summed E-state index contributed by atoms with van der Waals surface area (Å²) < 4.78 is 6.88. The number of primary amides is 1. The van der Waals surface area contributed by atoms with Crippen molar-refractivity contribution in [3.8, 4) is 0 Å². The smallest absolute Gasteiger partial charge is 0.410 e. The topological polar surface area (TPSA) is 116 Å². The summed E-state index contributed by atoms with van der Waals surface area (Å²) in [7, 11) is 0. The van der Waals surface area contributed by atoms with Crippen LogP contribution in [0.1, 0.15) is 43.6 Å². The fourth-order valence-electron chi connectivity index (χ4n) is 2.29. The van der Waals surface area contributed by atoms with E-state index in [-0.39, 0.29) is 23.5 Å². The van der Waals surface area contributed by atoms with Crippen LogP contribution >= 0.6 is 0 Å². The van der Waals surface area contributed by atoms with E-state index in [9.17, 15) is 9.59 Å². The van der Waals surface area contributed by atoms with E-state index < -0.39 is 11.5 Å². The molecule has 1 atom stereocenters. The maximum Gasteiger partial charge on any atom is 0.410 e. The summed E-state index contributed by atoms with van der Waals surface area (Å²) >= 11 is 0. The predicted octanol–water partition coefficient (Wildman–Crippen LogP) is 0.746. The molecular weight excluding hydrogens is 274 g/mol. The van der Waals surface area contributed by atoms with E-state index >= 15 is 0 Å². The highest BCUT2D eigenvalue weighted by atomic mass is 16.6. The fraction of sp³-hybridized carbons (Fsp3) is 0.615. The minimum absolute atomic E-state index is 0.0781. The van der Waals surface area contributed by atoms with Crippen LogP contribution in [-0.4, -0.2) is 45.4 Å². The Kier molecular flexibility index (Phi) is 3.80. The van der Waals surface area contributed by atoms with Gasteiger partial charge in [0.2, 0.25) is 0 Å². The number of likely N-dealkylation sites (tertiary alicyclic amines) is 1. The average molecular weight is 295 g/mol. The molecule has 116 valence electrons. The van der Waals surface area contributed by atoms with Crippen molar-refractivity contribution in [2.75, 3.05) is 18.8 Å². The number of nitrogens with two attached hydrogens (primary N) is 2. The Morgan fingerprint density at radius 3 is 2.62 bits per heavy atom. The maximum absolute atomic E-state index is 12.0. The molecule has 0 aliphatic carbocycles. The molecule has 1 aromatic rings. The van der Waals surface area contributed by atoms with E-state index in [0.717, 1.165) is 0 Å². The van der Waals surface area contributed by atoms with E-state index in [2.05, 4.69) is 5.10 Å². The molecule has 4 N–H and O–H groups in total. The first-order valence-corrected chi connectivity index (χ1v) is 6.80. The van der Waals surface area contributed by atoms with Crippen LogP contribution in [0.5, 0.6) is 0 Å². The number of hydrogen-bond donors (Lipinski definition) is 2. The second-order valence-corrected chi connectivity index (χ2v) is 6.12. The van der Waals surface area contributed by atoms with Crippen LogP contribution in [0.4, 0.5) is 10.6 Å². The van der Waals surface area contributed by atoms with E-state index in [1.165, 1.54) is 6.20 Å². The zero-order valence-electron chi connectivity index (χ0n) is 12.5. The largest absolute Gasteiger partial charge is 0.444 e. The molecule has 21 heavy (non-hydrogen) atoms. The number of hydrogen-bond acceptors (Lipinski definition) is 5. The zero-order valence-corrected chi connectivity index (χ0v) is 12.5. The molecule has 1 fully saturated rings. The van der Waals surface area contributed by atoms with Gasteiger partial charge in [-0.3, -0.25) is 4.79 Å². The summed E-state index contributed by atoms with van der Waals surface area (Å²) in [6, 6.07) is -0.0781. The Labute approximate surface area is 123 Å². The first-order chi connectivity index (χ1) is 9.69. The second-order valence-electron chi connectivity index (χ2n) is 6.12. The lowest BCUT2D eigenvalue weighted by molar-refractivity contribution is 0.0288. The van der Waals surface area contributed by atoms with Gasteiger partial charge in [0.15, 0.2) is 0 Å². The third-order valence-corrected chi connectivity index (χ3v) is 3.26. The molecule has 1 saturated heterocycles. The van der Waals surface area contributed by atoms with Crippen LogP contribution in [-0.2, 0) is 4.74 Å². The van der Waals surface area contributed by atoms with E-state index in [0.29, 0.717) is 19.5 Å². The van der Waals surface area contributed by atoms with E-state index in [1.807, 2.05) is 20.8 Å². The number of ether oxygens (including phenoxy) is 1. The highest BCUT2D eigenvalue weighted by molar-refractivity contribution is 5.96. The number of nitrogens with zero attached hydrogens (tertiary/aromatic N) is 3. The van der Waals surface area contributed by atoms with Crippen molar-refractivity contribution < 1.29 is 14.3 Å². The Morgan fingerprint density at radius 2 is 2.10 bits per heavy atom. The van der Waals surface area contributed by atoms with Crippen molar-refractivity contribution in [1.29, 1.82) is 0 Å². The molecule has 8 nitrogen and oxygen atoms in total. The van der Waals surface area contributed by atoms with Crippen molar-refractivity contribution >= 4 is 17.8 Å². The summed E-state index contributed by atoms with van der Waals surface area (Å²) in [5, 5.41) is 4.10. The summed E-state index contributed by atoms with van der Waals surface area (Å²) in [5.41, 5.74) is 10.8. The van der Waals surface area contributed by atoms with Crippen LogP contribution in [0.2, 0.25) is 0 Å². The maximum atomic E-state index is 12.0. The minimum atomic E-state index is -0.610. The van der Waals surface area contributed by atoms with Gasteiger partial charge in [0.05, 0.1) is 12.2 Å². The van der Waals surface area contributed by atoms with Gasteiger partial charge in [0.1, 0.15) is 17.0 Å². The summed E-state index contributed by atoms with van der Waals surface area (Å²) in [4.78, 5) is 24.8.